The Bertz CT molecular complexity index is 431. The second-order valence-electron chi connectivity index (χ2n) is 4.05. The van der Waals surface area contributed by atoms with Gasteiger partial charge in [0.15, 0.2) is 0 Å². The highest BCUT2D eigenvalue weighted by Gasteiger charge is 2.15. The molecule has 1 atom stereocenters. The highest BCUT2D eigenvalue weighted by molar-refractivity contribution is 6.30. The van der Waals surface area contributed by atoms with Gasteiger partial charge >= 0.3 is 5.97 Å². The van der Waals surface area contributed by atoms with E-state index >= 15 is 0 Å². The van der Waals surface area contributed by atoms with Gasteiger partial charge in [0.25, 0.3) is 0 Å². The van der Waals surface area contributed by atoms with Crippen molar-refractivity contribution in [1.29, 1.82) is 0 Å². The molecule has 92 valence electrons. The Hall–Kier alpha value is -1.32. The fraction of sp³-hybridized carbons (Fsp3) is 0.308. The molecule has 0 spiro atoms. The molecular weight excluding hydrogens is 238 g/mol. The van der Waals surface area contributed by atoms with Crippen LogP contribution in [0.1, 0.15) is 18.5 Å². The summed E-state index contributed by atoms with van der Waals surface area (Å²) < 4.78 is 0. The van der Waals surface area contributed by atoms with Gasteiger partial charge in [0, 0.05) is 23.2 Å². The zero-order chi connectivity index (χ0) is 13.0. The minimum Gasteiger partial charge on any atom is -0.478 e. The van der Waals surface area contributed by atoms with E-state index in [1.54, 1.807) is 0 Å². The van der Waals surface area contributed by atoms with Crippen LogP contribution >= 0.6 is 11.6 Å². The number of nitrogens with zero attached hydrogens (tertiary/aromatic N) is 1. The molecule has 0 heterocycles. The summed E-state index contributed by atoms with van der Waals surface area (Å²) in [6, 6.07) is 7.63. The normalized spacial score (nSPS) is 12.5. The van der Waals surface area contributed by atoms with Crippen LogP contribution in [0.4, 0.5) is 0 Å². The van der Waals surface area contributed by atoms with Crippen LogP contribution < -0.4 is 0 Å². The molecule has 0 saturated heterocycles. The third-order valence-electron chi connectivity index (χ3n) is 2.73. The van der Waals surface area contributed by atoms with E-state index in [1.807, 2.05) is 43.1 Å². The summed E-state index contributed by atoms with van der Waals surface area (Å²) in [6.07, 6.45) is 0. The maximum atomic E-state index is 10.7. The monoisotopic (exact) mass is 253 g/mol. The van der Waals surface area contributed by atoms with Crippen molar-refractivity contribution in [3.05, 3.63) is 47.0 Å². The molecule has 1 aromatic carbocycles. The molecule has 17 heavy (non-hydrogen) atoms. The lowest BCUT2D eigenvalue weighted by atomic mass is 10.1. The van der Waals surface area contributed by atoms with Crippen LogP contribution in [0, 0.1) is 0 Å². The first-order valence-corrected chi connectivity index (χ1v) is 5.66. The standard InChI is InChI=1S/C13H16ClNO2/c1-9(13(16)17)8-15(3)10(2)11-5-4-6-12(14)7-11/h4-7,10H,1,8H2,2-3H3,(H,16,17). The van der Waals surface area contributed by atoms with Gasteiger partial charge in [-0.2, -0.15) is 0 Å². The van der Waals surface area contributed by atoms with E-state index in [9.17, 15) is 4.79 Å². The third-order valence-corrected chi connectivity index (χ3v) is 2.97. The SMILES string of the molecule is C=C(CN(C)C(C)c1cccc(Cl)c1)C(=O)O. The van der Waals surface area contributed by atoms with Crippen LogP contribution in [-0.2, 0) is 4.79 Å². The number of hydrogen-bond donors (Lipinski definition) is 1. The van der Waals surface area contributed by atoms with E-state index in [0.29, 0.717) is 11.6 Å². The predicted octanol–water partition coefficient (Wildman–Crippen LogP) is 2.97. The van der Waals surface area contributed by atoms with E-state index in [0.717, 1.165) is 5.56 Å². The summed E-state index contributed by atoms with van der Waals surface area (Å²) in [5, 5.41) is 9.46. The highest BCUT2D eigenvalue weighted by Crippen LogP contribution is 2.22. The maximum absolute atomic E-state index is 10.7. The molecule has 0 amide bonds. The Morgan fingerprint density at radius 1 is 1.59 bits per heavy atom. The lowest BCUT2D eigenvalue weighted by Crippen LogP contribution is -2.26. The predicted molar refractivity (Wildman–Crippen MR) is 69.3 cm³/mol. The minimum absolute atomic E-state index is 0.0878. The number of carbonyl (C=O) groups is 1. The van der Waals surface area contributed by atoms with Crippen molar-refractivity contribution in [1.82, 2.24) is 4.90 Å². The second kappa shape index (κ2) is 5.84. The molecule has 4 heteroatoms. The molecule has 1 aromatic rings. The second-order valence-corrected chi connectivity index (χ2v) is 4.49. The Morgan fingerprint density at radius 3 is 2.76 bits per heavy atom. The Balaban J connectivity index is 2.73. The Labute approximate surface area is 106 Å². The first-order valence-electron chi connectivity index (χ1n) is 5.28. The zero-order valence-electron chi connectivity index (χ0n) is 9.98. The molecule has 0 saturated carbocycles. The molecule has 3 nitrogen and oxygen atoms in total. The van der Waals surface area contributed by atoms with E-state index in [2.05, 4.69) is 6.58 Å². The van der Waals surface area contributed by atoms with Crippen LogP contribution in [0.25, 0.3) is 0 Å². The van der Waals surface area contributed by atoms with Crippen LogP contribution in [0.5, 0.6) is 0 Å². The molecule has 0 fully saturated rings. The first kappa shape index (κ1) is 13.7. The van der Waals surface area contributed by atoms with Crippen molar-refractivity contribution in [2.24, 2.45) is 0 Å². The molecule has 0 aliphatic rings. The van der Waals surface area contributed by atoms with Crippen molar-refractivity contribution in [2.45, 2.75) is 13.0 Å². The number of rotatable bonds is 5. The third kappa shape index (κ3) is 3.88. The molecule has 0 radical (unpaired) electrons. The summed E-state index contributed by atoms with van der Waals surface area (Å²) in [7, 11) is 1.86. The lowest BCUT2D eigenvalue weighted by molar-refractivity contribution is -0.132. The number of halogens is 1. The number of carboxylic acid groups (broad SMARTS) is 1. The van der Waals surface area contributed by atoms with Crippen molar-refractivity contribution >= 4 is 17.6 Å². The number of hydrogen-bond acceptors (Lipinski definition) is 2. The largest absolute Gasteiger partial charge is 0.478 e. The molecule has 0 aliphatic carbocycles. The smallest absolute Gasteiger partial charge is 0.332 e. The van der Waals surface area contributed by atoms with Crippen LogP contribution in [0.2, 0.25) is 5.02 Å². The zero-order valence-corrected chi connectivity index (χ0v) is 10.7. The Kier molecular flexibility index (Phi) is 4.73. The van der Waals surface area contributed by atoms with Crippen molar-refractivity contribution < 1.29 is 9.90 Å². The summed E-state index contributed by atoms with van der Waals surface area (Å²) in [5.41, 5.74) is 1.24. The van der Waals surface area contributed by atoms with Gasteiger partial charge in [-0.05, 0) is 31.7 Å². The van der Waals surface area contributed by atoms with Crippen LogP contribution in [0.15, 0.2) is 36.4 Å². The summed E-state index contributed by atoms with van der Waals surface area (Å²) in [4.78, 5) is 12.6. The van der Waals surface area contributed by atoms with Gasteiger partial charge in [-0.1, -0.05) is 30.3 Å². The topological polar surface area (TPSA) is 40.5 Å². The van der Waals surface area contributed by atoms with E-state index in [-0.39, 0.29) is 11.6 Å². The minimum atomic E-state index is -0.963. The molecule has 1 unspecified atom stereocenters. The van der Waals surface area contributed by atoms with Gasteiger partial charge in [-0.3, -0.25) is 4.90 Å². The van der Waals surface area contributed by atoms with Gasteiger partial charge in [0.05, 0.1) is 0 Å². The summed E-state index contributed by atoms with van der Waals surface area (Å²) in [6.45, 7) is 5.84. The van der Waals surface area contributed by atoms with Crippen molar-refractivity contribution in [3.8, 4) is 0 Å². The van der Waals surface area contributed by atoms with Crippen LogP contribution in [0.3, 0.4) is 0 Å². The number of carboxylic acids is 1. The van der Waals surface area contributed by atoms with Gasteiger partial charge in [-0.25, -0.2) is 4.79 Å². The van der Waals surface area contributed by atoms with Crippen LogP contribution in [-0.4, -0.2) is 29.6 Å². The Morgan fingerprint density at radius 2 is 2.24 bits per heavy atom. The first-order chi connectivity index (χ1) is 7.91. The number of aliphatic carboxylic acids is 1. The maximum Gasteiger partial charge on any atom is 0.332 e. The van der Waals surface area contributed by atoms with E-state index in [4.69, 9.17) is 16.7 Å². The summed E-state index contributed by atoms with van der Waals surface area (Å²) in [5.74, 6) is -0.963. The van der Waals surface area contributed by atoms with E-state index in [1.165, 1.54) is 0 Å². The quantitative estimate of drug-likeness (QED) is 0.821. The molecule has 1 N–H and O–H groups in total. The number of benzene rings is 1. The average molecular weight is 254 g/mol. The lowest BCUT2D eigenvalue weighted by Gasteiger charge is -2.25. The molecule has 0 bridgehead atoms. The van der Waals surface area contributed by atoms with Crippen molar-refractivity contribution in [2.75, 3.05) is 13.6 Å². The highest BCUT2D eigenvalue weighted by atomic mass is 35.5. The van der Waals surface area contributed by atoms with Gasteiger partial charge in [0.2, 0.25) is 0 Å². The average Bonchev–Trinajstić information content (AvgIpc) is 2.27. The molecule has 0 aliphatic heterocycles. The fourth-order valence-corrected chi connectivity index (χ4v) is 1.73. The molecule has 1 rings (SSSR count). The van der Waals surface area contributed by atoms with E-state index < -0.39 is 5.97 Å². The van der Waals surface area contributed by atoms with Gasteiger partial charge in [-0.15, -0.1) is 0 Å². The van der Waals surface area contributed by atoms with Gasteiger partial charge in [0.1, 0.15) is 0 Å². The fourth-order valence-electron chi connectivity index (χ4n) is 1.53. The van der Waals surface area contributed by atoms with Gasteiger partial charge < -0.3 is 5.11 Å². The molecular formula is C13H16ClNO2. The molecule has 0 aromatic heterocycles. The number of likely N-dealkylation sites (N-methyl/N-ethyl adjacent to an activating group) is 1. The van der Waals surface area contributed by atoms with Crippen molar-refractivity contribution in [3.63, 3.8) is 0 Å². The summed E-state index contributed by atoms with van der Waals surface area (Å²) >= 11 is 5.92.